The first kappa shape index (κ1) is 25.5. The molecule has 9 nitrogen and oxygen atoms in total. The molecule has 1 aromatic heterocycles. The first-order chi connectivity index (χ1) is 13.7. The van der Waals surface area contributed by atoms with Crippen molar-refractivity contribution in [2.24, 2.45) is 0 Å². The summed E-state index contributed by atoms with van der Waals surface area (Å²) in [7, 11) is 0. The number of non-ortho nitro benzene ring substituents is 1. The zero-order valence-corrected chi connectivity index (χ0v) is 18.9. The van der Waals surface area contributed by atoms with Crippen molar-refractivity contribution in [2.45, 2.75) is 39.8 Å². The van der Waals surface area contributed by atoms with Crippen molar-refractivity contribution in [3.05, 3.63) is 51.0 Å². The Balaban J connectivity index is 0.00000450. The fraction of sp³-hybridized carbons (Fsp3) is 0.421. The molecule has 2 amide bonds. The van der Waals surface area contributed by atoms with Crippen LogP contribution in [-0.4, -0.2) is 51.8 Å². The molecule has 2 aromatic rings. The number of amides is 2. The topological polar surface area (TPSA) is 117 Å². The highest BCUT2D eigenvalue weighted by Gasteiger charge is 2.17. The SMILES string of the molecule is CC(C)N(CCNC(=O)c1csc(NC(=O)c2cccc([N+](=O)[O-])c2)n1)C(C)C.Cl. The van der Waals surface area contributed by atoms with Gasteiger partial charge >= 0.3 is 0 Å². The van der Waals surface area contributed by atoms with Gasteiger partial charge in [0.2, 0.25) is 0 Å². The first-order valence-corrected chi connectivity index (χ1v) is 10.1. The second-order valence-electron chi connectivity index (χ2n) is 6.98. The molecule has 2 N–H and O–H groups in total. The number of halogens is 1. The van der Waals surface area contributed by atoms with Gasteiger partial charge in [0, 0.05) is 48.2 Å². The first-order valence-electron chi connectivity index (χ1n) is 9.24. The third kappa shape index (κ3) is 7.05. The van der Waals surface area contributed by atoms with E-state index in [0.29, 0.717) is 18.6 Å². The number of rotatable bonds is 9. The zero-order valence-electron chi connectivity index (χ0n) is 17.2. The molecule has 1 aromatic carbocycles. The summed E-state index contributed by atoms with van der Waals surface area (Å²) in [6, 6.07) is 6.15. The number of carbonyl (C=O) groups is 2. The Hall–Kier alpha value is -2.56. The van der Waals surface area contributed by atoms with Gasteiger partial charge in [-0.05, 0) is 33.8 Å². The van der Waals surface area contributed by atoms with E-state index < -0.39 is 10.8 Å². The molecular weight excluding hydrogens is 430 g/mol. The van der Waals surface area contributed by atoms with E-state index in [1.54, 1.807) is 5.38 Å². The van der Waals surface area contributed by atoms with E-state index in [1.165, 1.54) is 24.3 Å². The number of thiazole rings is 1. The van der Waals surface area contributed by atoms with E-state index >= 15 is 0 Å². The Bertz CT molecular complexity index is 879. The predicted octanol–water partition coefficient (Wildman–Crippen LogP) is 3.57. The number of carbonyl (C=O) groups excluding carboxylic acids is 2. The number of benzene rings is 1. The zero-order chi connectivity index (χ0) is 21.6. The number of anilines is 1. The van der Waals surface area contributed by atoms with Crippen LogP contribution in [0.25, 0.3) is 0 Å². The Morgan fingerprint density at radius 1 is 1.20 bits per heavy atom. The maximum Gasteiger partial charge on any atom is 0.270 e. The van der Waals surface area contributed by atoms with E-state index in [1.807, 2.05) is 0 Å². The van der Waals surface area contributed by atoms with E-state index in [9.17, 15) is 19.7 Å². The van der Waals surface area contributed by atoms with Crippen LogP contribution >= 0.6 is 23.7 Å². The molecule has 0 bridgehead atoms. The van der Waals surface area contributed by atoms with Gasteiger partial charge in [0.25, 0.3) is 17.5 Å². The largest absolute Gasteiger partial charge is 0.349 e. The number of nitro groups is 1. The molecule has 0 spiro atoms. The fourth-order valence-electron chi connectivity index (χ4n) is 2.87. The molecule has 0 atom stereocenters. The van der Waals surface area contributed by atoms with Crippen LogP contribution in [-0.2, 0) is 0 Å². The minimum atomic E-state index is -0.567. The van der Waals surface area contributed by atoms with Crippen LogP contribution in [0, 0.1) is 10.1 Å². The lowest BCUT2D eigenvalue weighted by Gasteiger charge is -2.30. The molecule has 0 aliphatic rings. The summed E-state index contributed by atoms with van der Waals surface area (Å²) < 4.78 is 0. The molecule has 0 saturated heterocycles. The Morgan fingerprint density at radius 3 is 2.47 bits per heavy atom. The lowest BCUT2D eigenvalue weighted by Crippen LogP contribution is -2.42. The van der Waals surface area contributed by atoms with Gasteiger partial charge in [0.05, 0.1) is 4.92 Å². The highest BCUT2D eigenvalue weighted by atomic mass is 35.5. The van der Waals surface area contributed by atoms with Crippen molar-refractivity contribution in [3.63, 3.8) is 0 Å². The van der Waals surface area contributed by atoms with E-state index in [-0.39, 0.29) is 40.4 Å². The summed E-state index contributed by atoms with van der Waals surface area (Å²) in [5, 5.41) is 18.0. The smallest absolute Gasteiger partial charge is 0.270 e. The Labute approximate surface area is 185 Å². The third-order valence-electron chi connectivity index (χ3n) is 4.26. The summed E-state index contributed by atoms with van der Waals surface area (Å²) >= 11 is 1.11. The molecule has 11 heteroatoms. The molecule has 30 heavy (non-hydrogen) atoms. The minimum absolute atomic E-state index is 0. The van der Waals surface area contributed by atoms with Gasteiger partial charge in [-0.3, -0.25) is 29.9 Å². The summed E-state index contributed by atoms with van der Waals surface area (Å²) in [6.07, 6.45) is 0. The summed E-state index contributed by atoms with van der Waals surface area (Å²) in [5.74, 6) is -0.843. The lowest BCUT2D eigenvalue weighted by molar-refractivity contribution is -0.384. The summed E-state index contributed by atoms with van der Waals surface area (Å²) in [5.41, 5.74) is 0.182. The van der Waals surface area contributed by atoms with Crippen molar-refractivity contribution < 1.29 is 14.5 Å². The van der Waals surface area contributed by atoms with Crippen LogP contribution in [0.15, 0.2) is 29.6 Å². The second kappa shape index (κ2) is 11.6. The molecule has 1 heterocycles. The van der Waals surface area contributed by atoms with Gasteiger partial charge in [0.15, 0.2) is 5.13 Å². The molecule has 0 saturated carbocycles. The number of hydrogen-bond donors (Lipinski definition) is 2. The molecule has 0 radical (unpaired) electrons. The van der Waals surface area contributed by atoms with Crippen LogP contribution in [0.4, 0.5) is 10.8 Å². The number of nitrogens with one attached hydrogen (secondary N) is 2. The number of aromatic nitrogens is 1. The Kier molecular flexibility index (Phi) is 9.83. The van der Waals surface area contributed by atoms with Crippen LogP contribution in [0.5, 0.6) is 0 Å². The minimum Gasteiger partial charge on any atom is -0.349 e. The van der Waals surface area contributed by atoms with Crippen molar-refractivity contribution in [2.75, 3.05) is 18.4 Å². The standard InChI is InChI=1S/C19H25N5O4S.ClH/c1-12(2)23(13(3)4)9-8-20-18(26)16-11-29-19(21-16)22-17(25)14-6-5-7-15(10-14)24(27)28;/h5-7,10-13H,8-9H2,1-4H3,(H,20,26)(H,21,22,25);1H. The maximum absolute atomic E-state index is 12.3. The molecule has 0 fully saturated rings. The van der Waals surface area contributed by atoms with Gasteiger partial charge in [-0.2, -0.15) is 0 Å². The predicted molar refractivity (Wildman–Crippen MR) is 120 cm³/mol. The van der Waals surface area contributed by atoms with Crippen LogP contribution in [0.2, 0.25) is 0 Å². The van der Waals surface area contributed by atoms with Gasteiger partial charge < -0.3 is 5.32 Å². The monoisotopic (exact) mass is 455 g/mol. The van der Waals surface area contributed by atoms with E-state index in [2.05, 4.69) is 48.2 Å². The molecule has 0 unspecified atom stereocenters. The third-order valence-corrected chi connectivity index (χ3v) is 5.02. The van der Waals surface area contributed by atoms with Gasteiger partial charge in [-0.1, -0.05) is 6.07 Å². The van der Waals surface area contributed by atoms with Crippen molar-refractivity contribution >= 4 is 46.4 Å². The highest BCUT2D eigenvalue weighted by Crippen LogP contribution is 2.18. The lowest BCUT2D eigenvalue weighted by atomic mass is 10.2. The van der Waals surface area contributed by atoms with Crippen LogP contribution < -0.4 is 10.6 Å². The van der Waals surface area contributed by atoms with Crippen LogP contribution in [0.1, 0.15) is 48.5 Å². The number of nitrogens with zero attached hydrogens (tertiary/aromatic N) is 3. The summed E-state index contributed by atoms with van der Waals surface area (Å²) in [4.78, 5) is 41.2. The fourth-order valence-corrected chi connectivity index (χ4v) is 3.55. The number of nitro benzene ring substituents is 1. The van der Waals surface area contributed by atoms with E-state index in [4.69, 9.17) is 0 Å². The van der Waals surface area contributed by atoms with Gasteiger partial charge in [-0.25, -0.2) is 4.98 Å². The summed E-state index contributed by atoms with van der Waals surface area (Å²) in [6.45, 7) is 9.65. The normalized spacial score (nSPS) is 10.8. The quantitative estimate of drug-likeness (QED) is 0.440. The van der Waals surface area contributed by atoms with Gasteiger partial charge in [-0.15, -0.1) is 23.7 Å². The molecule has 0 aliphatic heterocycles. The average molecular weight is 456 g/mol. The van der Waals surface area contributed by atoms with Crippen molar-refractivity contribution in [1.29, 1.82) is 0 Å². The maximum atomic E-state index is 12.3. The molecule has 2 rings (SSSR count). The average Bonchev–Trinajstić information content (AvgIpc) is 3.13. The molecular formula is C19H26ClN5O4S. The second-order valence-corrected chi connectivity index (χ2v) is 7.84. The van der Waals surface area contributed by atoms with Gasteiger partial charge in [0.1, 0.15) is 5.69 Å². The number of hydrogen-bond acceptors (Lipinski definition) is 7. The van der Waals surface area contributed by atoms with Crippen LogP contribution in [0.3, 0.4) is 0 Å². The van der Waals surface area contributed by atoms with E-state index in [0.717, 1.165) is 17.9 Å². The molecule has 0 aliphatic carbocycles. The highest BCUT2D eigenvalue weighted by molar-refractivity contribution is 7.14. The molecule has 164 valence electrons. The van der Waals surface area contributed by atoms with Crippen molar-refractivity contribution in [1.82, 2.24) is 15.2 Å². The Morgan fingerprint density at radius 2 is 1.87 bits per heavy atom. The van der Waals surface area contributed by atoms with Crippen molar-refractivity contribution in [3.8, 4) is 0 Å².